The second-order valence-corrected chi connectivity index (χ2v) is 11.5. The van der Waals surface area contributed by atoms with Gasteiger partial charge in [0.2, 0.25) is 0 Å². The SMILES string of the molecule is COCc1cc(OCCN=N)cc2c1C(=O)O[C@@H](C)[C@H](C)CCC(OC(=O)c1ccccc1)[C@H]1OC(C)(C)O[C@H]1CC=C2. The molecule has 10 nitrogen and oxygen atoms in total. The number of nitrogens with one attached hydrogen (secondary N) is 1. The molecule has 2 heterocycles. The largest absolute Gasteiger partial charge is 0.492 e. The lowest BCUT2D eigenvalue weighted by Crippen LogP contribution is -2.39. The fourth-order valence-electron chi connectivity index (χ4n) is 5.40. The molecule has 1 saturated heterocycles. The first-order valence-corrected chi connectivity index (χ1v) is 14.7. The standard InChI is InChI=1S/C33H42N2O8/c1-21-14-15-27(41-31(36)23-10-7-6-8-11-23)30-28(42-33(3,4)43-30)13-9-12-24-18-26(39-17-16-35-34)19-25(20-38-5)29(24)32(37)40-22(21)2/h6-12,18-19,21-22,27-28,30,34H,13-17,20H2,1-5H3/t21-,22+,27?,28+,30-/m1/s1. The summed E-state index contributed by atoms with van der Waals surface area (Å²) >= 11 is 0. The van der Waals surface area contributed by atoms with Crippen LogP contribution in [0.5, 0.6) is 5.75 Å². The topological polar surface area (TPSA) is 126 Å². The molecule has 1 N–H and O–H groups in total. The Morgan fingerprint density at radius 2 is 1.88 bits per heavy atom. The van der Waals surface area contributed by atoms with Crippen LogP contribution >= 0.6 is 0 Å². The van der Waals surface area contributed by atoms with E-state index in [2.05, 4.69) is 5.11 Å². The van der Waals surface area contributed by atoms with E-state index in [0.29, 0.717) is 47.3 Å². The van der Waals surface area contributed by atoms with Gasteiger partial charge in [-0.1, -0.05) is 37.3 Å². The van der Waals surface area contributed by atoms with E-state index in [1.165, 1.54) is 0 Å². The van der Waals surface area contributed by atoms with E-state index in [4.69, 9.17) is 34.0 Å². The minimum Gasteiger partial charge on any atom is -0.492 e. The summed E-state index contributed by atoms with van der Waals surface area (Å²) in [4.78, 5) is 26.8. The van der Waals surface area contributed by atoms with Crippen molar-refractivity contribution in [1.82, 2.24) is 0 Å². The fraction of sp³-hybridized carbons (Fsp3) is 0.515. The number of rotatable bonds is 8. The first-order valence-electron chi connectivity index (χ1n) is 14.7. The third-order valence-electron chi connectivity index (χ3n) is 7.72. The van der Waals surface area contributed by atoms with Crippen molar-refractivity contribution in [3.05, 3.63) is 70.8 Å². The third-order valence-corrected chi connectivity index (χ3v) is 7.72. The number of ether oxygens (including phenoxy) is 6. The average molecular weight is 595 g/mol. The van der Waals surface area contributed by atoms with Gasteiger partial charge in [-0.2, -0.15) is 5.11 Å². The molecular weight excluding hydrogens is 552 g/mol. The van der Waals surface area contributed by atoms with Crippen LogP contribution in [0, 0.1) is 11.4 Å². The van der Waals surface area contributed by atoms with Crippen LogP contribution in [0.2, 0.25) is 0 Å². The van der Waals surface area contributed by atoms with Crippen LogP contribution in [0.1, 0.15) is 78.8 Å². The quantitative estimate of drug-likeness (QED) is 0.212. The van der Waals surface area contributed by atoms with Crippen LogP contribution < -0.4 is 4.74 Å². The lowest BCUT2D eigenvalue weighted by molar-refractivity contribution is -0.156. The third kappa shape index (κ3) is 8.49. The lowest BCUT2D eigenvalue weighted by atomic mass is 9.93. The van der Waals surface area contributed by atoms with Gasteiger partial charge >= 0.3 is 11.9 Å². The molecule has 0 saturated carbocycles. The Bertz CT molecular complexity index is 1300. The molecular formula is C33H42N2O8. The highest BCUT2D eigenvalue weighted by molar-refractivity contribution is 5.96. The molecule has 1 unspecified atom stereocenters. The van der Waals surface area contributed by atoms with Crippen molar-refractivity contribution >= 4 is 18.0 Å². The second-order valence-electron chi connectivity index (χ2n) is 11.5. The fourth-order valence-corrected chi connectivity index (χ4v) is 5.40. The van der Waals surface area contributed by atoms with E-state index in [1.807, 2.05) is 45.9 Å². The van der Waals surface area contributed by atoms with Gasteiger partial charge < -0.3 is 28.4 Å². The molecule has 2 aromatic rings. The number of hydrogen-bond acceptors (Lipinski definition) is 10. The van der Waals surface area contributed by atoms with Crippen molar-refractivity contribution in [3.63, 3.8) is 0 Å². The summed E-state index contributed by atoms with van der Waals surface area (Å²) in [7, 11) is 1.56. The maximum absolute atomic E-state index is 13.6. The highest BCUT2D eigenvalue weighted by Gasteiger charge is 2.46. The molecule has 5 atom stereocenters. The number of cyclic esters (lactones) is 1. The summed E-state index contributed by atoms with van der Waals surface area (Å²) in [5.41, 5.74) is 9.15. The molecule has 2 aliphatic rings. The number of methoxy groups -OCH3 is 1. The minimum atomic E-state index is -0.875. The van der Waals surface area contributed by atoms with Crippen LogP contribution in [-0.2, 0) is 30.3 Å². The van der Waals surface area contributed by atoms with Crippen molar-refractivity contribution in [2.24, 2.45) is 11.0 Å². The van der Waals surface area contributed by atoms with E-state index in [-0.39, 0.29) is 25.7 Å². The summed E-state index contributed by atoms with van der Waals surface area (Å²) < 4.78 is 36.0. The van der Waals surface area contributed by atoms with Crippen LogP contribution in [0.25, 0.3) is 6.08 Å². The first-order chi connectivity index (χ1) is 20.6. The molecule has 0 aliphatic carbocycles. The summed E-state index contributed by atoms with van der Waals surface area (Å²) in [6.45, 7) is 8.21. The highest BCUT2D eigenvalue weighted by Crippen LogP contribution is 2.36. The molecule has 0 amide bonds. The number of carbonyl (C=O) groups is 2. The predicted molar refractivity (Wildman–Crippen MR) is 159 cm³/mol. The zero-order valence-corrected chi connectivity index (χ0v) is 25.5. The molecule has 0 aromatic heterocycles. The average Bonchev–Trinajstić information content (AvgIpc) is 3.28. The molecule has 43 heavy (non-hydrogen) atoms. The highest BCUT2D eigenvalue weighted by atomic mass is 16.8. The maximum atomic E-state index is 13.6. The number of nitrogens with zero attached hydrogens (tertiary/aromatic N) is 1. The van der Waals surface area contributed by atoms with Gasteiger partial charge in [-0.3, -0.25) is 0 Å². The van der Waals surface area contributed by atoms with Gasteiger partial charge in [0.1, 0.15) is 30.7 Å². The number of fused-ring (bicyclic) bond motifs is 2. The lowest BCUT2D eigenvalue weighted by Gasteiger charge is -2.29. The van der Waals surface area contributed by atoms with Crippen LogP contribution in [0.4, 0.5) is 0 Å². The molecule has 232 valence electrons. The van der Waals surface area contributed by atoms with Gasteiger partial charge in [-0.25, -0.2) is 15.1 Å². The smallest absolute Gasteiger partial charge is 0.339 e. The molecule has 10 heteroatoms. The van der Waals surface area contributed by atoms with E-state index >= 15 is 0 Å². The van der Waals surface area contributed by atoms with Gasteiger partial charge in [-0.05, 0) is 81.3 Å². The van der Waals surface area contributed by atoms with Crippen LogP contribution in [-0.4, -0.2) is 62.4 Å². The zero-order chi connectivity index (χ0) is 31.0. The Balaban J connectivity index is 1.71. The van der Waals surface area contributed by atoms with Crippen molar-refractivity contribution in [1.29, 1.82) is 5.53 Å². The van der Waals surface area contributed by atoms with Gasteiger partial charge in [0.05, 0.1) is 30.4 Å². The zero-order valence-electron chi connectivity index (χ0n) is 25.5. The van der Waals surface area contributed by atoms with Crippen molar-refractivity contribution in [3.8, 4) is 5.75 Å². The molecule has 2 aliphatic heterocycles. The Hall–Kier alpha value is -3.60. The summed E-state index contributed by atoms with van der Waals surface area (Å²) in [5, 5.41) is 3.35. The van der Waals surface area contributed by atoms with Gasteiger partial charge in [0.15, 0.2) is 5.79 Å². The number of hydrogen-bond donors (Lipinski definition) is 1. The summed E-state index contributed by atoms with van der Waals surface area (Å²) in [6.07, 6.45) is 3.42. The van der Waals surface area contributed by atoms with E-state index in [1.54, 1.807) is 43.5 Å². The number of carbonyl (C=O) groups excluding carboxylic acids is 2. The van der Waals surface area contributed by atoms with E-state index < -0.39 is 42.1 Å². The second kappa shape index (κ2) is 14.7. The molecule has 2 aromatic carbocycles. The van der Waals surface area contributed by atoms with Gasteiger partial charge in [-0.15, -0.1) is 0 Å². The van der Waals surface area contributed by atoms with Crippen LogP contribution in [0.3, 0.4) is 0 Å². The number of benzene rings is 2. The summed E-state index contributed by atoms with van der Waals surface area (Å²) in [6, 6.07) is 12.4. The van der Waals surface area contributed by atoms with Gasteiger partial charge in [0, 0.05) is 7.11 Å². The van der Waals surface area contributed by atoms with Gasteiger partial charge in [0.25, 0.3) is 0 Å². The Morgan fingerprint density at radius 3 is 2.60 bits per heavy atom. The first kappa shape index (κ1) is 32.3. The van der Waals surface area contributed by atoms with Crippen molar-refractivity contribution < 1.29 is 38.0 Å². The van der Waals surface area contributed by atoms with Crippen molar-refractivity contribution in [2.45, 2.75) is 83.8 Å². The molecule has 0 bridgehead atoms. The number of esters is 2. The normalized spacial score (nSPS) is 25.5. The molecule has 1 fully saturated rings. The Labute approximate surface area is 253 Å². The Kier molecular flexibility index (Phi) is 11.1. The Morgan fingerprint density at radius 1 is 1.12 bits per heavy atom. The van der Waals surface area contributed by atoms with Crippen LogP contribution in [0.15, 0.2) is 53.7 Å². The van der Waals surface area contributed by atoms with E-state index in [0.717, 1.165) is 0 Å². The maximum Gasteiger partial charge on any atom is 0.339 e. The molecule has 0 radical (unpaired) electrons. The monoisotopic (exact) mass is 594 g/mol. The predicted octanol–water partition coefficient (Wildman–Crippen LogP) is 6.37. The van der Waals surface area contributed by atoms with Crippen molar-refractivity contribution in [2.75, 3.05) is 20.3 Å². The molecule has 4 rings (SSSR count). The molecule has 0 spiro atoms. The summed E-state index contributed by atoms with van der Waals surface area (Å²) in [5.74, 6) is -1.27. The minimum absolute atomic E-state index is 0.0419. The van der Waals surface area contributed by atoms with E-state index in [9.17, 15) is 9.59 Å².